The first-order chi connectivity index (χ1) is 56.4. The Bertz CT molecular complexity index is 7280. The van der Waals surface area contributed by atoms with Gasteiger partial charge in [0, 0.05) is 44.6 Å². The summed E-state index contributed by atoms with van der Waals surface area (Å²) in [6.07, 6.45) is 5.86. The van der Waals surface area contributed by atoms with Crippen LogP contribution in [0.5, 0.6) is 11.5 Å². The topological polar surface area (TPSA) is 53.9 Å². The van der Waals surface area contributed by atoms with Crippen molar-refractivity contribution in [3.8, 4) is 78.9 Å². The number of hydrogen-bond acceptors (Lipinski definition) is 3. The van der Waals surface area contributed by atoms with Gasteiger partial charge in [-0.05, 0) is 167 Å². The molecule has 1 aliphatic rings. The van der Waals surface area contributed by atoms with Gasteiger partial charge in [0.2, 0.25) is 0 Å². The smallest absolute Gasteiger partial charge is 0.269 e. The Morgan fingerprint density at radius 2 is 0.990 bits per heavy atom. The molecule has 20 rings (SSSR count). The van der Waals surface area contributed by atoms with Crippen LogP contribution < -0.4 is 30.1 Å². The maximum Gasteiger partial charge on any atom is 0.269 e. The van der Waals surface area contributed by atoms with Gasteiger partial charge in [-0.3, -0.25) is 13.7 Å². The minimum Gasteiger partial charge on any atom is -0.458 e. The van der Waals surface area contributed by atoms with Gasteiger partial charge in [-0.1, -0.05) is 257 Å². The number of aromatic nitrogens is 5. The second-order valence-electron chi connectivity index (χ2n) is 26.9. The minimum absolute atomic E-state index is 0.0516. The summed E-state index contributed by atoms with van der Waals surface area (Å²) >= 11 is 0. The number of para-hydroxylation sites is 5. The summed E-state index contributed by atoms with van der Waals surface area (Å²) in [7, 11) is -5.73. The maximum absolute atomic E-state index is 10.1. The van der Waals surface area contributed by atoms with Gasteiger partial charge in [0.15, 0.2) is 8.07 Å². The standard InChI is InChI=1S/C94H65N5O2Si/c1-94(2,3)63-51-52-95-91(56-63)99-85-42-21-17-37-76(85)77-48-46-66(58-87(77)99)100-65-26-23-25-64(57-65)96-60-97-92-79(39-24-43-86(92)98-83-40-19-15-35-74(83)75-36-16-20-41-84(75)98)80-59-70(102(67-27-7-4-8-28-67,68-29-9-5-10-30-68)69-31-11-6-12-32-69)47-49-73(80)71-33-13-14-34-72(71)82-54-62(55-88(96)93(82)97)61-45-50-90-81(53-61)78-38-18-22-44-89(78)101-90/h4-59H,1-3H3/i4D,5D,6D,7D,8D,9D,10D,11D,12D,27D,28D,29D,30D,31D,32D. The number of rotatable bonds is 10. The highest BCUT2D eigenvalue weighted by Crippen LogP contribution is 2.48. The lowest BCUT2D eigenvalue weighted by Gasteiger charge is -2.35. The Balaban J connectivity index is 0.920. The molecule has 0 N–H and O–H groups in total. The van der Waals surface area contributed by atoms with Gasteiger partial charge < -0.3 is 13.7 Å². The van der Waals surface area contributed by atoms with E-state index in [1.807, 2.05) is 150 Å². The Kier molecular flexibility index (Phi) is 10.3. The molecular formula is C94H65N5O2Si. The van der Waals surface area contributed by atoms with Crippen LogP contribution in [0, 0.1) is 6.33 Å². The maximum atomic E-state index is 10.1. The third-order valence-electron chi connectivity index (χ3n) is 20.2. The SMILES string of the molecule is [2H]c1c([2H])c([2H])c([Si](c2ccc3c(c2)-c2cccc(-n4c5ccccc5c5ccccc54)c2-[n+]2[c-]n(-c4cccc(Oc5ccc6c7ccccc7n(-c7cc(C(C)(C)C)ccn7)c6c5)c4)c4cc(-c5ccc6oc7ccccc7c6c5)cc(c42)-c2ccccc2-3)(c2c([2H])c([2H])c([2H])c([2H])c2[2H])c2c([2H])c([2H])c([2H])c([2H])c2[2H])c([2H])c1[2H]. The number of fused-ring (bicyclic) bond motifs is 16. The average Bonchev–Trinajstić information content (AvgIpc) is 1.43. The third-order valence-corrected chi connectivity index (χ3v) is 24.4. The monoisotopic (exact) mass is 1340 g/mol. The van der Waals surface area contributed by atoms with E-state index >= 15 is 0 Å². The predicted molar refractivity (Wildman–Crippen MR) is 422 cm³/mol. The van der Waals surface area contributed by atoms with E-state index in [4.69, 9.17) is 18.3 Å². The first-order valence-corrected chi connectivity index (χ1v) is 35.8. The van der Waals surface area contributed by atoms with E-state index in [2.05, 4.69) is 126 Å². The molecule has 102 heavy (non-hydrogen) atoms. The van der Waals surface area contributed by atoms with E-state index in [1.165, 1.54) is 0 Å². The molecule has 0 fully saturated rings. The van der Waals surface area contributed by atoms with Crippen molar-refractivity contribution in [3.05, 3.63) is 351 Å². The molecule has 0 amide bonds. The number of ether oxygens (including phenoxy) is 1. The average molecular weight is 1340 g/mol. The lowest BCUT2D eigenvalue weighted by molar-refractivity contribution is -0.571. The number of pyridine rings is 1. The normalized spacial score (nSPS) is 14.3. The van der Waals surface area contributed by atoms with E-state index < -0.39 is 114 Å². The number of imidazole rings is 1. The minimum atomic E-state index is -5.73. The second-order valence-corrected chi connectivity index (χ2v) is 30.4. The summed E-state index contributed by atoms with van der Waals surface area (Å²) in [5.41, 5.74) is 14.4. The molecule has 482 valence electrons. The molecule has 0 unspecified atom stereocenters. The summed E-state index contributed by atoms with van der Waals surface area (Å²) in [6.45, 7) is 6.56. The van der Waals surface area contributed by atoms with E-state index in [1.54, 1.807) is 18.2 Å². The van der Waals surface area contributed by atoms with Crippen LogP contribution in [0.25, 0.3) is 144 Å². The van der Waals surface area contributed by atoms with Crippen LogP contribution in [-0.2, 0) is 5.41 Å². The van der Waals surface area contributed by atoms with Crippen molar-refractivity contribution in [1.82, 2.24) is 18.7 Å². The quantitative estimate of drug-likeness (QED) is 0.0593. The van der Waals surface area contributed by atoms with E-state index in [0.29, 0.717) is 67.4 Å². The highest BCUT2D eigenvalue weighted by atomic mass is 28.3. The van der Waals surface area contributed by atoms with Gasteiger partial charge in [0.05, 0.1) is 70.7 Å². The molecule has 0 radical (unpaired) electrons. The zero-order valence-electron chi connectivity index (χ0n) is 70.2. The van der Waals surface area contributed by atoms with E-state index in [9.17, 15) is 16.4 Å². The molecule has 6 heterocycles. The van der Waals surface area contributed by atoms with Crippen molar-refractivity contribution in [2.45, 2.75) is 26.2 Å². The van der Waals surface area contributed by atoms with Crippen LogP contribution >= 0.6 is 0 Å². The van der Waals surface area contributed by atoms with Crippen molar-refractivity contribution in [3.63, 3.8) is 0 Å². The highest BCUT2D eigenvalue weighted by molar-refractivity contribution is 7.20. The zero-order valence-corrected chi connectivity index (χ0v) is 56.2. The first kappa shape index (κ1) is 45.7. The Hall–Kier alpha value is -12.9. The van der Waals surface area contributed by atoms with Crippen LogP contribution in [0.4, 0.5) is 0 Å². The fraction of sp³-hybridized carbons (Fsp3) is 0.0426. The van der Waals surface area contributed by atoms with Crippen molar-refractivity contribution < 1.29 is 34.3 Å². The zero-order chi connectivity index (χ0) is 80.8. The van der Waals surface area contributed by atoms with Gasteiger partial charge >= 0.3 is 0 Å². The van der Waals surface area contributed by atoms with Crippen LogP contribution in [0.15, 0.2) is 344 Å². The van der Waals surface area contributed by atoms with Gasteiger partial charge in [-0.25, -0.2) is 4.98 Å². The van der Waals surface area contributed by atoms with Crippen molar-refractivity contribution in [1.29, 1.82) is 0 Å². The van der Waals surface area contributed by atoms with Crippen LogP contribution in [0.1, 0.15) is 46.9 Å². The van der Waals surface area contributed by atoms with Crippen LogP contribution in [-0.4, -0.2) is 26.8 Å². The van der Waals surface area contributed by atoms with Gasteiger partial charge in [-0.15, -0.1) is 0 Å². The molecule has 8 heteroatoms. The van der Waals surface area contributed by atoms with Gasteiger partial charge in [-0.2, -0.15) is 0 Å². The number of benzene rings is 14. The highest BCUT2D eigenvalue weighted by Gasteiger charge is 2.42. The summed E-state index contributed by atoms with van der Waals surface area (Å²) < 4.78 is 166. The molecule has 19 aromatic rings. The molecule has 0 aliphatic carbocycles. The number of nitrogens with zero attached hydrogens (tertiary/aromatic N) is 5. The Morgan fingerprint density at radius 3 is 1.68 bits per heavy atom. The number of furan rings is 1. The summed E-state index contributed by atoms with van der Waals surface area (Å²) in [6, 6.07) is 67.2. The second kappa shape index (κ2) is 23.1. The summed E-state index contributed by atoms with van der Waals surface area (Å²) in [5.74, 6) is 1.84. The van der Waals surface area contributed by atoms with Crippen LogP contribution in [0.2, 0.25) is 0 Å². The number of hydrogen-bond donors (Lipinski definition) is 0. The molecule has 1 aliphatic heterocycles. The first-order valence-electron chi connectivity index (χ1n) is 41.3. The fourth-order valence-electron chi connectivity index (χ4n) is 15.6. The largest absolute Gasteiger partial charge is 0.458 e. The predicted octanol–water partition coefficient (Wildman–Crippen LogP) is 20.6. The summed E-state index contributed by atoms with van der Waals surface area (Å²) in [4.78, 5) is 4.96. The lowest BCUT2D eigenvalue weighted by Crippen LogP contribution is -2.74. The van der Waals surface area contributed by atoms with Crippen molar-refractivity contribution >= 4 is 105 Å². The lowest BCUT2D eigenvalue weighted by atomic mass is 9.88. The van der Waals surface area contributed by atoms with E-state index in [0.717, 1.165) is 93.6 Å². The molecule has 14 aromatic carbocycles. The van der Waals surface area contributed by atoms with Gasteiger partial charge in [0.1, 0.15) is 28.5 Å². The molecule has 0 saturated carbocycles. The van der Waals surface area contributed by atoms with E-state index in [-0.39, 0.29) is 10.6 Å². The molecule has 5 aromatic heterocycles. The van der Waals surface area contributed by atoms with Crippen molar-refractivity contribution in [2.24, 2.45) is 0 Å². The third kappa shape index (κ3) is 9.19. The molecule has 0 bridgehead atoms. The summed E-state index contributed by atoms with van der Waals surface area (Å²) in [5, 5.41) is 3.95. The fourth-order valence-corrected chi connectivity index (χ4v) is 19.4. The molecule has 7 nitrogen and oxygen atoms in total. The Labute approximate surface area is 612 Å². The molecular weight excluding hydrogens is 1260 g/mol. The van der Waals surface area contributed by atoms with Gasteiger partial charge in [0.25, 0.3) is 6.33 Å². The Morgan fingerprint density at radius 1 is 0.412 bits per heavy atom. The van der Waals surface area contributed by atoms with Crippen molar-refractivity contribution in [2.75, 3.05) is 0 Å². The molecule has 0 saturated heterocycles. The molecule has 0 atom stereocenters. The van der Waals surface area contributed by atoms with Crippen LogP contribution in [0.3, 0.4) is 0 Å². The molecule has 0 spiro atoms.